The van der Waals surface area contributed by atoms with Crippen molar-refractivity contribution in [2.24, 2.45) is 0 Å². The normalized spacial score (nSPS) is 18.2. The largest absolute Gasteiger partial charge is 0.444 e. The molecule has 0 radical (unpaired) electrons. The number of halogens is 1. The highest BCUT2D eigenvalue weighted by atomic mass is 32.1. The van der Waals surface area contributed by atoms with Crippen molar-refractivity contribution in [3.63, 3.8) is 0 Å². The van der Waals surface area contributed by atoms with Gasteiger partial charge in [0, 0.05) is 36.5 Å². The summed E-state index contributed by atoms with van der Waals surface area (Å²) in [6.07, 6.45) is 5.55. The van der Waals surface area contributed by atoms with E-state index in [1.807, 2.05) is 50.8 Å². The van der Waals surface area contributed by atoms with Crippen molar-refractivity contribution in [2.45, 2.75) is 71.1 Å². The lowest BCUT2D eigenvalue weighted by atomic mass is 9.90. The standard InChI is InChI=1S/C27H32FN5O2S/c1-17-29-15-24(36-17)21-9-8-18(14-22(21)28)23-10-11-25(31-30-23)32-13-12-20(16-32)33(19-6-5-7-19)26(34)35-27(2,3)4/h8-11,14-15,19-20H,5-7,12-13,16H2,1-4H3. The molecule has 5 rings (SSSR count). The van der Waals surface area contributed by atoms with Crippen LogP contribution in [0.4, 0.5) is 15.0 Å². The van der Waals surface area contributed by atoms with E-state index in [4.69, 9.17) is 4.74 Å². The molecule has 9 heteroatoms. The number of ether oxygens (including phenoxy) is 1. The average Bonchev–Trinajstić information content (AvgIpc) is 3.44. The van der Waals surface area contributed by atoms with Crippen LogP contribution in [0.25, 0.3) is 21.7 Å². The van der Waals surface area contributed by atoms with Gasteiger partial charge in [0.2, 0.25) is 0 Å². The highest BCUT2D eigenvalue weighted by molar-refractivity contribution is 7.15. The van der Waals surface area contributed by atoms with Crippen LogP contribution in [0.3, 0.4) is 0 Å². The molecule has 0 spiro atoms. The number of thiazole rings is 1. The van der Waals surface area contributed by atoms with E-state index in [9.17, 15) is 9.18 Å². The zero-order chi connectivity index (χ0) is 25.4. The van der Waals surface area contributed by atoms with Crippen LogP contribution in [-0.2, 0) is 4.74 Å². The number of carbonyl (C=O) groups excluding carboxylic acids is 1. The van der Waals surface area contributed by atoms with Crippen molar-refractivity contribution in [3.8, 4) is 21.7 Å². The summed E-state index contributed by atoms with van der Waals surface area (Å²) in [7, 11) is 0. The predicted molar refractivity (Wildman–Crippen MR) is 140 cm³/mol. The summed E-state index contributed by atoms with van der Waals surface area (Å²) in [5.74, 6) is 0.457. The van der Waals surface area contributed by atoms with Crippen LogP contribution in [0.1, 0.15) is 51.5 Å². The van der Waals surface area contributed by atoms with Gasteiger partial charge in [0.15, 0.2) is 5.82 Å². The summed E-state index contributed by atoms with van der Waals surface area (Å²) in [6.45, 7) is 9.11. The number of aromatic nitrogens is 3. The predicted octanol–water partition coefficient (Wildman–Crippen LogP) is 6.08. The maximum absolute atomic E-state index is 14.8. The smallest absolute Gasteiger partial charge is 0.410 e. The van der Waals surface area contributed by atoms with Gasteiger partial charge >= 0.3 is 6.09 Å². The minimum Gasteiger partial charge on any atom is -0.444 e. The maximum Gasteiger partial charge on any atom is 0.410 e. The molecule has 36 heavy (non-hydrogen) atoms. The van der Waals surface area contributed by atoms with Crippen molar-refractivity contribution in [2.75, 3.05) is 18.0 Å². The van der Waals surface area contributed by atoms with Crippen LogP contribution in [0.2, 0.25) is 0 Å². The molecule has 0 N–H and O–H groups in total. The summed E-state index contributed by atoms with van der Waals surface area (Å²) in [5.41, 5.74) is 1.32. The van der Waals surface area contributed by atoms with Crippen LogP contribution < -0.4 is 4.90 Å². The number of hydrogen-bond donors (Lipinski definition) is 0. The van der Waals surface area contributed by atoms with Crippen LogP contribution in [-0.4, -0.2) is 56.9 Å². The van der Waals surface area contributed by atoms with E-state index in [1.165, 1.54) is 17.4 Å². The van der Waals surface area contributed by atoms with E-state index in [1.54, 1.807) is 12.3 Å². The Kier molecular flexibility index (Phi) is 6.68. The van der Waals surface area contributed by atoms with Crippen molar-refractivity contribution >= 4 is 23.2 Å². The molecule has 1 saturated heterocycles. The van der Waals surface area contributed by atoms with Gasteiger partial charge in [-0.05, 0) is 77.6 Å². The molecule has 7 nitrogen and oxygen atoms in total. The van der Waals surface area contributed by atoms with E-state index in [0.29, 0.717) is 23.4 Å². The first-order valence-corrected chi connectivity index (χ1v) is 13.3. The Labute approximate surface area is 215 Å². The van der Waals surface area contributed by atoms with Gasteiger partial charge in [-0.25, -0.2) is 14.2 Å². The lowest BCUT2D eigenvalue weighted by Crippen LogP contribution is -2.52. The number of benzene rings is 1. The molecular formula is C27H32FN5O2S. The monoisotopic (exact) mass is 509 g/mol. The molecule has 0 bridgehead atoms. The summed E-state index contributed by atoms with van der Waals surface area (Å²) in [6, 6.07) is 9.26. The van der Waals surface area contributed by atoms with Crippen molar-refractivity contribution < 1.29 is 13.9 Å². The van der Waals surface area contributed by atoms with E-state index in [-0.39, 0.29) is 24.0 Å². The number of nitrogens with zero attached hydrogens (tertiary/aromatic N) is 5. The second-order valence-electron chi connectivity index (χ2n) is 10.6. The zero-order valence-corrected chi connectivity index (χ0v) is 22.0. The number of hydrogen-bond acceptors (Lipinski definition) is 7. The third kappa shape index (κ3) is 5.21. The fraction of sp³-hybridized carbons (Fsp3) is 0.481. The molecule has 3 heterocycles. The van der Waals surface area contributed by atoms with Gasteiger partial charge in [-0.3, -0.25) is 0 Å². The minimum atomic E-state index is -0.518. The van der Waals surface area contributed by atoms with Crippen LogP contribution >= 0.6 is 11.3 Å². The molecule has 1 unspecified atom stereocenters. The molecule has 2 fully saturated rings. The quantitative estimate of drug-likeness (QED) is 0.415. The molecule has 2 aliphatic rings. The van der Waals surface area contributed by atoms with Crippen molar-refractivity contribution in [3.05, 3.63) is 47.4 Å². The lowest BCUT2D eigenvalue weighted by molar-refractivity contribution is -0.00351. The Hall–Kier alpha value is -3.07. The van der Waals surface area contributed by atoms with Gasteiger partial charge in [-0.15, -0.1) is 21.5 Å². The molecule has 3 aromatic rings. The molecule has 190 valence electrons. The Morgan fingerprint density at radius 2 is 1.94 bits per heavy atom. The summed E-state index contributed by atoms with van der Waals surface area (Å²) in [5, 5.41) is 9.73. The van der Waals surface area contributed by atoms with Crippen LogP contribution in [0.5, 0.6) is 0 Å². The average molecular weight is 510 g/mol. The number of anilines is 1. The number of rotatable bonds is 5. The van der Waals surface area contributed by atoms with Crippen molar-refractivity contribution in [1.82, 2.24) is 20.1 Å². The fourth-order valence-corrected chi connectivity index (χ4v) is 5.57. The van der Waals surface area contributed by atoms with Gasteiger partial charge in [0.25, 0.3) is 0 Å². The highest BCUT2D eigenvalue weighted by Crippen LogP contribution is 2.33. The maximum atomic E-state index is 14.8. The van der Waals surface area contributed by atoms with E-state index in [2.05, 4.69) is 20.1 Å². The second-order valence-corrected chi connectivity index (χ2v) is 11.8. The van der Waals surface area contributed by atoms with Crippen LogP contribution in [0.15, 0.2) is 36.5 Å². The van der Waals surface area contributed by atoms with E-state index >= 15 is 0 Å². The number of aryl methyl sites for hydroxylation is 1. The fourth-order valence-electron chi connectivity index (χ4n) is 4.76. The van der Waals surface area contributed by atoms with Gasteiger partial charge in [-0.2, -0.15) is 0 Å². The molecule has 1 saturated carbocycles. The highest BCUT2D eigenvalue weighted by Gasteiger charge is 2.40. The summed E-state index contributed by atoms with van der Waals surface area (Å²) >= 11 is 1.47. The Morgan fingerprint density at radius 3 is 2.53 bits per heavy atom. The van der Waals surface area contributed by atoms with E-state index in [0.717, 1.165) is 47.9 Å². The summed E-state index contributed by atoms with van der Waals surface area (Å²) < 4.78 is 20.6. The Bertz CT molecular complexity index is 1240. The number of carbonyl (C=O) groups is 1. The first-order chi connectivity index (χ1) is 17.2. The summed E-state index contributed by atoms with van der Waals surface area (Å²) in [4.78, 5) is 22.1. The Morgan fingerprint density at radius 1 is 1.14 bits per heavy atom. The topological polar surface area (TPSA) is 71.5 Å². The van der Waals surface area contributed by atoms with Gasteiger partial charge < -0.3 is 14.5 Å². The third-order valence-corrected chi connectivity index (χ3v) is 7.70. The second kappa shape index (κ2) is 9.76. The molecule has 1 aromatic carbocycles. The molecule has 1 amide bonds. The third-order valence-electron chi connectivity index (χ3n) is 6.76. The molecule has 1 aliphatic carbocycles. The first kappa shape index (κ1) is 24.6. The zero-order valence-electron chi connectivity index (χ0n) is 21.2. The first-order valence-electron chi connectivity index (χ1n) is 12.5. The van der Waals surface area contributed by atoms with Gasteiger partial charge in [0.05, 0.1) is 21.6 Å². The van der Waals surface area contributed by atoms with Gasteiger partial charge in [0.1, 0.15) is 11.4 Å². The lowest BCUT2D eigenvalue weighted by Gasteiger charge is -2.41. The number of amides is 1. The molecule has 1 atom stereocenters. The van der Waals surface area contributed by atoms with Crippen LogP contribution in [0, 0.1) is 12.7 Å². The van der Waals surface area contributed by atoms with Gasteiger partial charge in [-0.1, -0.05) is 6.07 Å². The molecule has 2 aromatic heterocycles. The Balaban J connectivity index is 1.28. The molecule has 1 aliphatic heterocycles. The van der Waals surface area contributed by atoms with Crippen molar-refractivity contribution in [1.29, 1.82) is 0 Å². The SMILES string of the molecule is Cc1ncc(-c2ccc(-c3ccc(N4CCC(N(C(=O)OC(C)(C)C)C5CCC5)C4)nn3)cc2F)s1. The minimum absolute atomic E-state index is 0.0867. The molecular weight excluding hydrogens is 477 g/mol. The van der Waals surface area contributed by atoms with E-state index < -0.39 is 5.60 Å².